The van der Waals surface area contributed by atoms with Crippen molar-refractivity contribution in [3.63, 3.8) is 0 Å². The van der Waals surface area contributed by atoms with Gasteiger partial charge in [-0.2, -0.15) is 0 Å². The van der Waals surface area contributed by atoms with Gasteiger partial charge >= 0.3 is 0 Å². The molecule has 20 heavy (non-hydrogen) atoms. The Balaban J connectivity index is 2.78. The van der Waals surface area contributed by atoms with E-state index in [-0.39, 0.29) is 24.2 Å². The van der Waals surface area contributed by atoms with Crippen molar-refractivity contribution in [3.05, 3.63) is 29.3 Å². The van der Waals surface area contributed by atoms with Crippen LogP contribution in [-0.2, 0) is 9.84 Å². The maximum absolute atomic E-state index is 11.7. The smallest absolute Gasteiger partial charge is 0.155 e. The van der Waals surface area contributed by atoms with Crippen LogP contribution >= 0.6 is 0 Å². The average molecular weight is 295 g/mol. The number of nitrogens with two attached hydrogens (primary N) is 1. The summed E-state index contributed by atoms with van der Waals surface area (Å²) in [6.45, 7) is 5.69. The highest BCUT2D eigenvalue weighted by molar-refractivity contribution is 7.91. The SMILES string of the molecule is Cc1ccc(OCCS(=O)(=O)C(C)C)c(C#CCN)c1. The van der Waals surface area contributed by atoms with Gasteiger partial charge in [-0.1, -0.05) is 17.9 Å². The van der Waals surface area contributed by atoms with E-state index in [0.29, 0.717) is 5.75 Å². The van der Waals surface area contributed by atoms with Gasteiger partial charge in [0.1, 0.15) is 12.4 Å². The molecule has 0 radical (unpaired) electrons. The van der Waals surface area contributed by atoms with Gasteiger partial charge in [0.15, 0.2) is 9.84 Å². The number of benzene rings is 1. The standard InChI is InChI=1S/C15H21NO3S/c1-12(2)20(17,18)10-9-19-15-7-6-13(3)11-14(15)5-4-8-16/h6-7,11-12H,8-10,16H2,1-3H3. The minimum atomic E-state index is -3.09. The fraction of sp³-hybridized carbons (Fsp3) is 0.467. The monoisotopic (exact) mass is 295 g/mol. The lowest BCUT2D eigenvalue weighted by molar-refractivity contribution is 0.339. The maximum atomic E-state index is 11.7. The molecule has 0 aliphatic carbocycles. The van der Waals surface area contributed by atoms with Crippen molar-refractivity contribution in [2.75, 3.05) is 18.9 Å². The highest BCUT2D eigenvalue weighted by Gasteiger charge is 2.16. The summed E-state index contributed by atoms with van der Waals surface area (Å²) in [6, 6.07) is 5.60. The number of rotatable bonds is 5. The maximum Gasteiger partial charge on any atom is 0.155 e. The summed E-state index contributed by atoms with van der Waals surface area (Å²) in [6.07, 6.45) is 0. The van der Waals surface area contributed by atoms with Gasteiger partial charge < -0.3 is 10.5 Å². The highest BCUT2D eigenvalue weighted by atomic mass is 32.2. The molecule has 110 valence electrons. The van der Waals surface area contributed by atoms with Crippen LogP contribution < -0.4 is 10.5 Å². The van der Waals surface area contributed by atoms with Crippen LogP contribution in [0.3, 0.4) is 0 Å². The Morgan fingerprint density at radius 2 is 2.05 bits per heavy atom. The van der Waals surface area contributed by atoms with Crippen LogP contribution in [0.2, 0.25) is 0 Å². The van der Waals surface area contributed by atoms with Crippen molar-refractivity contribution in [1.82, 2.24) is 0 Å². The van der Waals surface area contributed by atoms with Gasteiger partial charge in [0.05, 0.1) is 23.1 Å². The van der Waals surface area contributed by atoms with Gasteiger partial charge in [0, 0.05) is 0 Å². The van der Waals surface area contributed by atoms with E-state index in [1.54, 1.807) is 19.9 Å². The fourth-order valence-electron chi connectivity index (χ4n) is 1.52. The Hall–Kier alpha value is -1.51. The van der Waals surface area contributed by atoms with Gasteiger partial charge in [0.25, 0.3) is 0 Å². The lowest BCUT2D eigenvalue weighted by atomic mass is 10.1. The molecule has 0 unspecified atom stereocenters. The summed E-state index contributed by atoms with van der Waals surface area (Å²) >= 11 is 0. The minimum Gasteiger partial charge on any atom is -0.491 e. The molecule has 0 aromatic heterocycles. The van der Waals surface area contributed by atoms with Crippen LogP contribution in [0.25, 0.3) is 0 Å². The number of aryl methyl sites for hydroxylation is 1. The Labute approximate surface area is 121 Å². The molecule has 0 heterocycles. The van der Waals surface area contributed by atoms with Crippen molar-refractivity contribution in [3.8, 4) is 17.6 Å². The van der Waals surface area contributed by atoms with E-state index in [4.69, 9.17) is 10.5 Å². The first kappa shape index (κ1) is 16.5. The third-order valence-electron chi connectivity index (χ3n) is 2.80. The second kappa shape index (κ2) is 7.32. The largest absolute Gasteiger partial charge is 0.491 e. The molecule has 2 N–H and O–H groups in total. The van der Waals surface area contributed by atoms with E-state index in [1.807, 2.05) is 19.1 Å². The summed E-state index contributed by atoms with van der Waals surface area (Å²) in [5.41, 5.74) is 7.16. The first-order valence-electron chi connectivity index (χ1n) is 6.51. The molecule has 0 saturated heterocycles. The Morgan fingerprint density at radius 3 is 2.65 bits per heavy atom. The first-order valence-corrected chi connectivity index (χ1v) is 8.22. The molecule has 1 aromatic carbocycles. The van der Waals surface area contributed by atoms with Gasteiger partial charge in [0.2, 0.25) is 0 Å². The fourth-order valence-corrected chi connectivity index (χ4v) is 2.30. The Morgan fingerprint density at radius 1 is 1.35 bits per heavy atom. The van der Waals surface area contributed by atoms with Gasteiger partial charge in [-0.15, -0.1) is 0 Å². The van der Waals surface area contributed by atoms with Gasteiger partial charge in [-0.25, -0.2) is 8.42 Å². The topological polar surface area (TPSA) is 69.4 Å². The zero-order chi connectivity index (χ0) is 15.2. The first-order chi connectivity index (χ1) is 9.36. The second-order valence-corrected chi connectivity index (χ2v) is 7.45. The molecule has 0 fully saturated rings. The molecule has 1 rings (SSSR count). The Kier molecular flexibility index (Phi) is 6.05. The quantitative estimate of drug-likeness (QED) is 0.836. The molecule has 0 atom stereocenters. The van der Waals surface area contributed by atoms with Crippen molar-refractivity contribution < 1.29 is 13.2 Å². The van der Waals surface area contributed by atoms with E-state index in [2.05, 4.69) is 11.8 Å². The van der Waals surface area contributed by atoms with Crippen molar-refractivity contribution in [2.24, 2.45) is 5.73 Å². The van der Waals surface area contributed by atoms with E-state index in [1.165, 1.54) is 0 Å². The molecule has 4 nitrogen and oxygen atoms in total. The normalized spacial score (nSPS) is 11.1. The third-order valence-corrected chi connectivity index (χ3v) is 4.98. The van der Waals surface area contributed by atoms with Crippen molar-refractivity contribution in [1.29, 1.82) is 0 Å². The summed E-state index contributed by atoms with van der Waals surface area (Å²) in [5.74, 6) is 6.31. The van der Waals surface area contributed by atoms with Crippen molar-refractivity contribution in [2.45, 2.75) is 26.0 Å². The summed E-state index contributed by atoms with van der Waals surface area (Å²) in [5, 5.41) is -0.388. The molecule has 5 heteroatoms. The molecule has 1 aromatic rings. The predicted molar refractivity (Wildman–Crippen MR) is 81.5 cm³/mol. The van der Waals surface area contributed by atoms with E-state index < -0.39 is 9.84 Å². The minimum absolute atomic E-state index is 0.00228. The van der Waals surface area contributed by atoms with E-state index in [0.717, 1.165) is 11.1 Å². The molecule has 0 spiro atoms. The van der Waals surface area contributed by atoms with Crippen molar-refractivity contribution >= 4 is 9.84 Å². The van der Waals surface area contributed by atoms with Gasteiger partial charge in [-0.05, 0) is 38.5 Å². The molecule has 0 saturated carbocycles. The molecular formula is C15H21NO3S. The van der Waals surface area contributed by atoms with Crippen LogP contribution in [0.1, 0.15) is 25.0 Å². The van der Waals surface area contributed by atoms with Crippen LogP contribution in [0, 0.1) is 18.8 Å². The number of ether oxygens (including phenoxy) is 1. The van der Waals surface area contributed by atoms with Gasteiger partial charge in [-0.3, -0.25) is 0 Å². The average Bonchev–Trinajstić information content (AvgIpc) is 2.38. The number of hydrogen-bond donors (Lipinski definition) is 1. The predicted octanol–water partition coefficient (Wildman–Crippen LogP) is 1.51. The summed E-state index contributed by atoms with van der Waals surface area (Å²) < 4.78 is 29.0. The highest BCUT2D eigenvalue weighted by Crippen LogP contribution is 2.19. The zero-order valence-corrected chi connectivity index (χ0v) is 13.0. The second-order valence-electron chi connectivity index (χ2n) is 4.77. The Bertz CT molecular complexity index is 610. The summed E-state index contributed by atoms with van der Waals surface area (Å²) in [7, 11) is -3.09. The third kappa shape index (κ3) is 4.87. The van der Waals surface area contributed by atoms with E-state index in [9.17, 15) is 8.42 Å². The van der Waals surface area contributed by atoms with Crippen LogP contribution in [-0.4, -0.2) is 32.6 Å². The van der Waals surface area contributed by atoms with Crippen LogP contribution in [0.15, 0.2) is 18.2 Å². The lowest BCUT2D eigenvalue weighted by Crippen LogP contribution is -2.22. The zero-order valence-electron chi connectivity index (χ0n) is 12.1. The molecular weight excluding hydrogens is 274 g/mol. The molecule has 0 aliphatic rings. The molecule has 0 aliphatic heterocycles. The van der Waals surface area contributed by atoms with Crippen LogP contribution in [0.4, 0.5) is 0 Å². The molecule has 0 bridgehead atoms. The van der Waals surface area contributed by atoms with E-state index >= 15 is 0 Å². The summed E-state index contributed by atoms with van der Waals surface area (Å²) in [4.78, 5) is 0. The lowest BCUT2D eigenvalue weighted by Gasteiger charge is -2.11. The van der Waals surface area contributed by atoms with Crippen LogP contribution in [0.5, 0.6) is 5.75 Å². The molecule has 0 amide bonds. The number of hydrogen-bond acceptors (Lipinski definition) is 4. The number of sulfone groups is 1.